The molecule has 0 saturated carbocycles. The molecule has 9 heteroatoms. The third-order valence-electron chi connectivity index (χ3n) is 8.36. The van der Waals surface area contributed by atoms with Crippen LogP contribution in [0.2, 0.25) is 0 Å². The van der Waals surface area contributed by atoms with Crippen LogP contribution in [0.4, 0.5) is 11.6 Å². The van der Waals surface area contributed by atoms with Gasteiger partial charge >= 0.3 is 0 Å². The second kappa shape index (κ2) is 12.6. The second-order valence-electron chi connectivity index (χ2n) is 11.4. The minimum absolute atomic E-state index is 0.197. The average Bonchev–Trinajstić information content (AvgIpc) is 3.64. The van der Waals surface area contributed by atoms with E-state index in [1.807, 2.05) is 29.8 Å². The maximum atomic E-state index is 12.9. The highest BCUT2D eigenvalue weighted by atomic mass is 32.1. The molecule has 1 aliphatic rings. The number of pyridine rings is 1. The molecule has 4 heterocycles. The minimum atomic E-state index is -0.197. The zero-order chi connectivity index (χ0) is 29.9. The Bertz CT molecular complexity index is 1720. The topological polar surface area (TPSA) is 84.3 Å². The third kappa shape index (κ3) is 6.43. The normalized spacial score (nSPS) is 17.2. The maximum Gasteiger partial charge on any atom is 0.270 e. The Balaban J connectivity index is 1.12. The lowest BCUT2D eigenvalue weighted by Gasteiger charge is -2.39. The fourth-order valence-corrected chi connectivity index (χ4v) is 6.73. The van der Waals surface area contributed by atoms with Crippen molar-refractivity contribution < 1.29 is 9.53 Å². The second-order valence-corrected chi connectivity index (χ2v) is 12.3. The van der Waals surface area contributed by atoms with Crippen LogP contribution in [0.3, 0.4) is 0 Å². The largest absolute Gasteiger partial charge is 0.457 e. The third-order valence-corrected chi connectivity index (χ3v) is 9.27. The Morgan fingerprint density at radius 1 is 1.05 bits per heavy atom. The first-order chi connectivity index (χ1) is 20.9. The molecule has 2 N–H and O–H groups in total. The van der Waals surface area contributed by atoms with Crippen LogP contribution in [0.5, 0.6) is 11.5 Å². The van der Waals surface area contributed by atoms with Crippen molar-refractivity contribution in [3.63, 3.8) is 0 Å². The molecular formula is C34H38N6O2S. The van der Waals surface area contributed by atoms with Crippen molar-refractivity contribution in [3.05, 3.63) is 83.5 Å². The van der Waals surface area contributed by atoms with Gasteiger partial charge in [-0.15, -0.1) is 11.3 Å². The molecule has 1 amide bonds. The summed E-state index contributed by atoms with van der Waals surface area (Å²) in [6.45, 7) is 8.09. The van der Waals surface area contributed by atoms with E-state index in [9.17, 15) is 4.79 Å². The van der Waals surface area contributed by atoms with E-state index in [1.165, 1.54) is 35.3 Å². The van der Waals surface area contributed by atoms with Crippen LogP contribution in [0.15, 0.2) is 72.2 Å². The first kappa shape index (κ1) is 28.9. The van der Waals surface area contributed by atoms with Gasteiger partial charge in [0.2, 0.25) is 5.95 Å². The van der Waals surface area contributed by atoms with E-state index in [0.29, 0.717) is 35.8 Å². The van der Waals surface area contributed by atoms with Crippen LogP contribution in [0.25, 0.3) is 21.5 Å². The number of amides is 1. The summed E-state index contributed by atoms with van der Waals surface area (Å²) in [6.07, 6.45) is 5.31. The highest BCUT2D eigenvalue weighted by Crippen LogP contribution is 2.32. The zero-order valence-corrected chi connectivity index (χ0v) is 25.9. The SMILES string of the molecule is Cc1ccc(Nc2nc3cc(Oc4ccnc(C(=O)NCCN5C(C)CCCC5C)c4)ccc3n2C)cc1-c1cccs1. The first-order valence-electron chi connectivity index (χ1n) is 14.9. The van der Waals surface area contributed by atoms with E-state index in [2.05, 4.69) is 77.0 Å². The number of aryl methyl sites for hydroxylation is 2. The molecule has 1 fully saturated rings. The number of rotatable bonds is 9. The number of benzene rings is 2. The van der Waals surface area contributed by atoms with Crippen LogP contribution >= 0.6 is 11.3 Å². The lowest BCUT2D eigenvalue weighted by molar-refractivity contribution is 0.0885. The monoisotopic (exact) mass is 594 g/mol. The molecule has 5 aromatic rings. The quantitative estimate of drug-likeness (QED) is 0.184. The van der Waals surface area contributed by atoms with E-state index in [1.54, 1.807) is 29.7 Å². The van der Waals surface area contributed by atoms with E-state index in [-0.39, 0.29) is 5.91 Å². The van der Waals surface area contributed by atoms with Crippen LogP contribution in [-0.4, -0.2) is 50.5 Å². The van der Waals surface area contributed by atoms with Gasteiger partial charge in [0.25, 0.3) is 5.91 Å². The molecule has 43 heavy (non-hydrogen) atoms. The molecule has 1 aliphatic heterocycles. The number of piperidine rings is 1. The Kier molecular flexibility index (Phi) is 8.44. The standard InChI is InChI=1S/C34H38N6O2S/c1-22-10-11-25(19-28(22)32-9-6-18-43-32)37-34-38-29-20-26(12-13-31(29)39(34)4)42-27-14-15-35-30(21-27)33(41)36-16-17-40-23(2)7-5-8-24(40)3/h6,9-15,18-21,23-24H,5,7-8,16-17H2,1-4H3,(H,36,41)(H,37,38). The van der Waals surface area contributed by atoms with Gasteiger partial charge in [0.1, 0.15) is 17.2 Å². The number of aromatic nitrogens is 3. The molecule has 6 rings (SSSR count). The van der Waals surface area contributed by atoms with Gasteiger partial charge in [0.05, 0.1) is 11.0 Å². The summed E-state index contributed by atoms with van der Waals surface area (Å²) in [4.78, 5) is 25.7. The Morgan fingerprint density at radius 2 is 1.86 bits per heavy atom. The van der Waals surface area contributed by atoms with Crippen LogP contribution < -0.4 is 15.4 Å². The van der Waals surface area contributed by atoms with Crippen LogP contribution in [-0.2, 0) is 7.05 Å². The Labute approximate surface area is 256 Å². The number of anilines is 2. The van der Waals surface area contributed by atoms with Gasteiger partial charge in [-0.25, -0.2) is 4.98 Å². The van der Waals surface area contributed by atoms with Crippen molar-refractivity contribution in [1.82, 2.24) is 24.8 Å². The van der Waals surface area contributed by atoms with Crippen LogP contribution in [0, 0.1) is 6.92 Å². The summed E-state index contributed by atoms with van der Waals surface area (Å²) in [5.74, 6) is 1.73. The summed E-state index contributed by atoms with van der Waals surface area (Å²) in [7, 11) is 1.99. The average molecular weight is 595 g/mol. The minimum Gasteiger partial charge on any atom is -0.457 e. The fraction of sp³-hybridized carbons (Fsp3) is 0.324. The molecule has 0 radical (unpaired) electrons. The highest BCUT2D eigenvalue weighted by Gasteiger charge is 2.24. The van der Waals surface area contributed by atoms with Gasteiger partial charge in [0.15, 0.2) is 0 Å². The number of nitrogens with zero attached hydrogens (tertiary/aromatic N) is 4. The van der Waals surface area contributed by atoms with Crippen molar-refractivity contribution in [3.8, 4) is 21.9 Å². The molecule has 222 valence electrons. The molecule has 0 spiro atoms. The number of hydrogen-bond acceptors (Lipinski definition) is 7. The Morgan fingerprint density at radius 3 is 2.65 bits per heavy atom. The van der Waals surface area contributed by atoms with Crippen molar-refractivity contribution >= 4 is 39.9 Å². The molecule has 2 unspecified atom stereocenters. The Hall–Kier alpha value is -4.21. The highest BCUT2D eigenvalue weighted by molar-refractivity contribution is 7.13. The molecule has 1 saturated heterocycles. The molecule has 2 atom stereocenters. The number of likely N-dealkylation sites (tertiary alicyclic amines) is 1. The lowest BCUT2D eigenvalue weighted by Crippen LogP contribution is -2.47. The van der Waals surface area contributed by atoms with Gasteiger partial charge in [-0.2, -0.15) is 0 Å². The summed E-state index contributed by atoms with van der Waals surface area (Å²) >= 11 is 1.74. The summed E-state index contributed by atoms with van der Waals surface area (Å²) in [5, 5.41) is 8.61. The van der Waals surface area contributed by atoms with E-state index in [0.717, 1.165) is 29.2 Å². The van der Waals surface area contributed by atoms with Crippen molar-refractivity contribution in [2.45, 2.75) is 52.1 Å². The van der Waals surface area contributed by atoms with Gasteiger partial charge in [-0.1, -0.05) is 18.6 Å². The smallest absolute Gasteiger partial charge is 0.270 e. The number of hydrogen-bond donors (Lipinski definition) is 2. The lowest BCUT2D eigenvalue weighted by atomic mass is 9.98. The summed E-state index contributed by atoms with van der Waals surface area (Å²) in [6, 6.07) is 20.9. The number of nitrogens with one attached hydrogen (secondary N) is 2. The fourth-order valence-electron chi connectivity index (χ4n) is 5.92. The molecule has 0 bridgehead atoms. The number of carbonyl (C=O) groups is 1. The van der Waals surface area contributed by atoms with Crippen molar-refractivity contribution in [1.29, 1.82) is 0 Å². The number of fused-ring (bicyclic) bond motifs is 1. The number of thiophene rings is 1. The molecule has 3 aromatic heterocycles. The number of ether oxygens (including phenoxy) is 1. The van der Waals surface area contributed by atoms with E-state index < -0.39 is 0 Å². The van der Waals surface area contributed by atoms with Gasteiger partial charge < -0.3 is 19.9 Å². The van der Waals surface area contributed by atoms with Crippen molar-refractivity contribution in [2.24, 2.45) is 7.05 Å². The van der Waals surface area contributed by atoms with Gasteiger partial charge in [0, 0.05) is 61.1 Å². The van der Waals surface area contributed by atoms with Crippen molar-refractivity contribution in [2.75, 3.05) is 18.4 Å². The molecule has 0 aliphatic carbocycles. The summed E-state index contributed by atoms with van der Waals surface area (Å²) < 4.78 is 8.18. The molecule has 2 aromatic carbocycles. The molecular weight excluding hydrogens is 556 g/mol. The van der Waals surface area contributed by atoms with Crippen LogP contribution in [0.1, 0.15) is 49.2 Å². The van der Waals surface area contributed by atoms with Gasteiger partial charge in [-0.05, 0) is 86.5 Å². The first-order valence-corrected chi connectivity index (χ1v) is 15.8. The number of imidazole rings is 1. The van der Waals surface area contributed by atoms with E-state index in [4.69, 9.17) is 9.72 Å². The number of carbonyl (C=O) groups excluding carboxylic acids is 1. The van der Waals surface area contributed by atoms with Gasteiger partial charge in [-0.3, -0.25) is 14.7 Å². The summed E-state index contributed by atoms with van der Waals surface area (Å²) in [5.41, 5.74) is 5.55. The maximum absolute atomic E-state index is 12.9. The predicted octanol–water partition coefficient (Wildman–Crippen LogP) is 7.53. The predicted molar refractivity (Wildman–Crippen MR) is 175 cm³/mol. The zero-order valence-electron chi connectivity index (χ0n) is 25.1. The van der Waals surface area contributed by atoms with E-state index >= 15 is 0 Å². The molecule has 8 nitrogen and oxygen atoms in total.